The number of benzene rings is 2. The van der Waals surface area contributed by atoms with E-state index in [1.807, 2.05) is 0 Å². The standard InChI is InChI=1S/C20H17ClN2O5/c1-26-16-7-6-12(8-17(16)27-2)15-10-20(28-22-15)11-18(24)23(19(20)25)14-5-3-4-13(21)9-14/h3-9H,10-11H2,1-2H3/t20-/m0/s1. The highest BCUT2D eigenvalue weighted by Crippen LogP contribution is 2.40. The first-order chi connectivity index (χ1) is 13.5. The zero-order valence-corrected chi connectivity index (χ0v) is 16.0. The zero-order chi connectivity index (χ0) is 19.9. The Bertz CT molecular complexity index is 1010. The lowest BCUT2D eigenvalue weighted by atomic mass is 9.92. The molecule has 7 nitrogen and oxygen atoms in total. The third kappa shape index (κ3) is 2.88. The molecule has 2 aromatic carbocycles. The highest BCUT2D eigenvalue weighted by molar-refractivity contribution is 6.31. The number of anilines is 1. The summed E-state index contributed by atoms with van der Waals surface area (Å²) in [4.78, 5) is 32.3. The van der Waals surface area contributed by atoms with Gasteiger partial charge in [-0.15, -0.1) is 0 Å². The van der Waals surface area contributed by atoms with Crippen LogP contribution in [0.2, 0.25) is 5.02 Å². The van der Waals surface area contributed by atoms with Crippen molar-refractivity contribution >= 4 is 34.8 Å². The number of halogens is 1. The number of carbonyl (C=O) groups excluding carboxylic acids is 2. The Morgan fingerprint density at radius 2 is 1.86 bits per heavy atom. The summed E-state index contributed by atoms with van der Waals surface area (Å²) in [5.41, 5.74) is 0.385. The molecule has 1 atom stereocenters. The van der Waals surface area contributed by atoms with E-state index in [1.165, 1.54) is 7.11 Å². The number of carbonyl (C=O) groups is 2. The monoisotopic (exact) mass is 400 g/mol. The van der Waals surface area contributed by atoms with Crippen LogP contribution in [0.1, 0.15) is 18.4 Å². The fourth-order valence-electron chi connectivity index (χ4n) is 3.45. The van der Waals surface area contributed by atoms with Crippen molar-refractivity contribution in [1.82, 2.24) is 0 Å². The summed E-state index contributed by atoms with van der Waals surface area (Å²) < 4.78 is 10.6. The number of amides is 2. The van der Waals surface area contributed by atoms with E-state index in [9.17, 15) is 9.59 Å². The number of imide groups is 1. The molecule has 2 aromatic rings. The van der Waals surface area contributed by atoms with Crippen LogP contribution in [0.4, 0.5) is 5.69 Å². The summed E-state index contributed by atoms with van der Waals surface area (Å²) >= 11 is 6.00. The summed E-state index contributed by atoms with van der Waals surface area (Å²) in [5, 5.41) is 4.54. The summed E-state index contributed by atoms with van der Waals surface area (Å²) in [7, 11) is 3.09. The molecular weight excluding hydrogens is 384 g/mol. The maximum Gasteiger partial charge on any atom is 0.281 e. The van der Waals surface area contributed by atoms with E-state index < -0.39 is 11.5 Å². The SMILES string of the molecule is COc1ccc(C2=NO[C@]3(CC(=O)N(c4cccc(Cl)c4)C3=O)C2)cc1OC. The van der Waals surface area contributed by atoms with Gasteiger partial charge in [-0.3, -0.25) is 9.59 Å². The molecule has 2 heterocycles. The maximum absolute atomic E-state index is 13.1. The number of hydrogen-bond donors (Lipinski definition) is 0. The van der Waals surface area contributed by atoms with Crippen molar-refractivity contribution in [1.29, 1.82) is 0 Å². The van der Waals surface area contributed by atoms with Gasteiger partial charge in [-0.2, -0.15) is 0 Å². The second kappa shape index (κ2) is 6.83. The van der Waals surface area contributed by atoms with E-state index >= 15 is 0 Å². The number of hydrogen-bond acceptors (Lipinski definition) is 6. The van der Waals surface area contributed by atoms with Crippen molar-refractivity contribution in [3.05, 3.63) is 53.1 Å². The van der Waals surface area contributed by atoms with Gasteiger partial charge in [0, 0.05) is 17.0 Å². The molecule has 4 rings (SSSR count). The normalized spacial score (nSPS) is 21.1. The molecule has 144 valence electrons. The fourth-order valence-corrected chi connectivity index (χ4v) is 3.63. The molecule has 1 spiro atoms. The molecule has 0 saturated carbocycles. The minimum absolute atomic E-state index is 0.0847. The number of ether oxygens (including phenoxy) is 2. The van der Waals surface area contributed by atoms with Crippen LogP contribution in [0.25, 0.3) is 0 Å². The van der Waals surface area contributed by atoms with Gasteiger partial charge in [-0.1, -0.05) is 22.8 Å². The lowest BCUT2D eigenvalue weighted by molar-refractivity contribution is -0.136. The second-order valence-corrected chi connectivity index (χ2v) is 7.00. The number of nitrogens with zero attached hydrogens (tertiary/aromatic N) is 2. The molecule has 2 aliphatic rings. The minimum Gasteiger partial charge on any atom is -0.493 e. The van der Waals surface area contributed by atoms with E-state index in [-0.39, 0.29) is 18.7 Å². The Hall–Kier alpha value is -3.06. The van der Waals surface area contributed by atoms with Crippen LogP contribution in [0.15, 0.2) is 47.6 Å². The number of methoxy groups -OCH3 is 2. The van der Waals surface area contributed by atoms with Crippen molar-refractivity contribution in [2.75, 3.05) is 19.1 Å². The first-order valence-corrected chi connectivity index (χ1v) is 8.95. The third-order valence-electron chi connectivity index (χ3n) is 4.85. The predicted molar refractivity (Wildman–Crippen MR) is 103 cm³/mol. The predicted octanol–water partition coefficient (Wildman–Crippen LogP) is 3.18. The molecule has 28 heavy (non-hydrogen) atoms. The number of oxime groups is 1. The van der Waals surface area contributed by atoms with Crippen LogP contribution in [-0.4, -0.2) is 37.3 Å². The van der Waals surface area contributed by atoms with E-state index in [1.54, 1.807) is 49.6 Å². The van der Waals surface area contributed by atoms with Crippen LogP contribution in [0, 0.1) is 0 Å². The van der Waals surface area contributed by atoms with Gasteiger partial charge in [0.25, 0.3) is 5.91 Å². The average molecular weight is 401 g/mol. The van der Waals surface area contributed by atoms with Crippen LogP contribution < -0.4 is 14.4 Å². The molecule has 8 heteroatoms. The highest BCUT2D eigenvalue weighted by Gasteiger charge is 2.58. The first-order valence-electron chi connectivity index (χ1n) is 8.58. The van der Waals surface area contributed by atoms with Gasteiger partial charge in [0.1, 0.15) is 0 Å². The number of rotatable bonds is 4. The topological polar surface area (TPSA) is 77.4 Å². The summed E-state index contributed by atoms with van der Waals surface area (Å²) in [6.45, 7) is 0. The maximum atomic E-state index is 13.1. The molecule has 0 radical (unpaired) electrons. The van der Waals surface area contributed by atoms with Gasteiger partial charge in [0.15, 0.2) is 11.5 Å². The smallest absolute Gasteiger partial charge is 0.281 e. The molecule has 2 aliphatic heterocycles. The summed E-state index contributed by atoms with van der Waals surface area (Å²) in [6.07, 6.45) is 0.1000. The molecule has 0 N–H and O–H groups in total. The molecule has 1 fully saturated rings. The van der Waals surface area contributed by atoms with E-state index in [2.05, 4.69) is 5.16 Å². The molecule has 0 aliphatic carbocycles. The van der Waals surface area contributed by atoms with Gasteiger partial charge in [-0.25, -0.2) is 4.90 Å². The Morgan fingerprint density at radius 3 is 2.57 bits per heavy atom. The van der Waals surface area contributed by atoms with Gasteiger partial charge >= 0.3 is 0 Å². The fraction of sp³-hybridized carbons (Fsp3) is 0.250. The largest absolute Gasteiger partial charge is 0.493 e. The van der Waals surface area contributed by atoms with Crippen molar-refractivity contribution < 1.29 is 23.9 Å². The molecular formula is C20H17ClN2O5. The Kier molecular flexibility index (Phi) is 4.47. The van der Waals surface area contributed by atoms with Crippen molar-refractivity contribution in [3.8, 4) is 11.5 Å². The van der Waals surface area contributed by atoms with E-state index in [0.717, 1.165) is 10.5 Å². The average Bonchev–Trinajstić information content (AvgIpc) is 3.22. The summed E-state index contributed by atoms with van der Waals surface area (Å²) in [5.74, 6) is 0.327. The van der Waals surface area contributed by atoms with Gasteiger partial charge in [0.05, 0.1) is 32.0 Å². The first kappa shape index (κ1) is 18.3. The van der Waals surface area contributed by atoms with Gasteiger partial charge < -0.3 is 14.3 Å². The Labute approximate surface area is 166 Å². The summed E-state index contributed by atoms with van der Waals surface area (Å²) in [6, 6.07) is 11.9. The van der Waals surface area contributed by atoms with Crippen molar-refractivity contribution in [2.45, 2.75) is 18.4 Å². The molecule has 1 saturated heterocycles. The third-order valence-corrected chi connectivity index (χ3v) is 5.08. The van der Waals surface area contributed by atoms with Crippen LogP contribution in [0.3, 0.4) is 0 Å². The minimum atomic E-state index is -1.33. The van der Waals surface area contributed by atoms with E-state index in [0.29, 0.717) is 27.9 Å². The van der Waals surface area contributed by atoms with Crippen LogP contribution in [0.5, 0.6) is 11.5 Å². The van der Waals surface area contributed by atoms with Crippen LogP contribution in [-0.2, 0) is 14.4 Å². The second-order valence-electron chi connectivity index (χ2n) is 6.56. The molecule has 0 unspecified atom stereocenters. The molecule has 0 aromatic heterocycles. The van der Waals surface area contributed by atoms with Crippen LogP contribution >= 0.6 is 11.6 Å². The zero-order valence-electron chi connectivity index (χ0n) is 15.3. The van der Waals surface area contributed by atoms with Crippen molar-refractivity contribution in [2.24, 2.45) is 5.16 Å². The van der Waals surface area contributed by atoms with E-state index in [4.69, 9.17) is 25.9 Å². The Morgan fingerprint density at radius 1 is 1.07 bits per heavy atom. The van der Waals surface area contributed by atoms with Gasteiger partial charge in [0.2, 0.25) is 11.5 Å². The molecule has 2 amide bonds. The highest BCUT2D eigenvalue weighted by atomic mass is 35.5. The Balaban J connectivity index is 1.61. The lowest BCUT2D eigenvalue weighted by Crippen LogP contribution is -2.40. The van der Waals surface area contributed by atoms with Gasteiger partial charge in [-0.05, 0) is 36.4 Å². The lowest BCUT2D eigenvalue weighted by Gasteiger charge is -2.19. The molecule has 0 bridgehead atoms. The quantitative estimate of drug-likeness (QED) is 0.736. The van der Waals surface area contributed by atoms with Crippen molar-refractivity contribution in [3.63, 3.8) is 0 Å².